The Labute approximate surface area is 106 Å². The highest BCUT2D eigenvalue weighted by Gasteiger charge is 2.20. The molecule has 0 fully saturated rings. The highest BCUT2D eigenvalue weighted by atomic mass is 16.6. The normalized spacial score (nSPS) is 11.4. The van der Waals surface area contributed by atoms with Crippen molar-refractivity contribution in [2.24, 2.45) is 10.9 Å². The minimum absolute atomic E-state index is 0.0137. The van der Waals surface area contributed by atoms with Crippen LogP contribution in [-0.2, 0) is 0 Å². The minimum Gasteiger partial charge on any atom is -0.410 e. The summed E-state index contributed by atoms with van der Waals surface area (Å²) in [5.74, 6) is 0.404. The molecule has 0 unspecified atom stereocenters. The number of oxime groups is 1. The Hall–Kier alpha value is -2.24. The van der Waals surface area contributed by atoms with Crippen molar-refractivity contribution in [1.82, 2.24) is 4.90 Å². The Kier molecular flexibility index (Phi) is 4.98. The van der Waals surface area contributed by atoms with Crippen molar-refractivity contribution in [3.63, 3.8) is 0 Å². The maximum Gasteiger partial charge on any atom is 0.415 e. The molecule has 1 aromatic carbocycles. The van der Waals surface area contributed by atoms with Gasteiger partial charge in [0.2, 0.25) is 0 Å². The van der Waals surface area contributed by atoms with Gasteiger partial charge in [-0.2, -0.15) is 0 Å². The molecule has 0 heterocycles. The lowest BCUT2D eigenvalue weighted by molar-refractivity contribution is 0.146. The van der Waals surface area contributed by atoms with Crippen LogP contribution in [0.1, 0.15) is 13.8 Å². The van der Waals surface area contributed by atoms with Gasteiger partial charge in [-0.25, -0.2) is 4.79 Å². The first-order chi connectivity index (χ1) is 8.54. The molecular weight excluding hydrogens is 234 g/mol. The molecule has 1 aromatic rings. The van der Waals surface area contributed by atoms with Gasteiger partial charge < -0.3 is 15.7 Å². The predicted octanol–water partition coefficient (Wildman–Crippen LogP) is 1.64. The van der Waals surface area contributed by atoms with Gasteiger partial charge in [0.15, 0.2) is 5.84 Å². The van der Waals surface area contributed by atoms with Crippen LogP contribution in [0.15, 0.2) is 35.5 Å². The standard InChI is InChI=1S/C12H17N3O3/c1-9(2)15(8-11(13)14-17)12(16)18-10-6-4-3-5-7-10/h3-7,9,17H,8H2,1-2H3,(H2,13,14). The predicted molar refractivity (Wildman–Crippen MR) is 67.7 cm³/mol. The number of rotatable bonds is 4. The smallest absolute Gasteiger partial charge is 0.410 e. The first-order valence-electron chi connectivity index (χ1n) is 5.54. The molecule has 0 spiro atoms. The van der Waals surface area contributed by atoms with Gasteiger partial charge in [0, 0.05) is 6.04 Å². The Morgan fingerprint density at radius 2 is 2.06 bits per heavy atom. The van der Waals surface area contributed by atoms with Crippen molar-refractivity contribution in [3.8, 4) is 5.75 Å². The molecule has 0 saturated heterocycles. The Balaban J connectivity index is 2.72. The molecule has 0 atom stereocenters. The third-order valence-corrected chi connectivity index (χ3v) is 2.27. The molecule has 0 bridgehead atoms. The molecule has 1 amide bonds. The number of ether oxygens (including phenoxy) is 1. The van der Waals surface area contributed by atoms with Gasteiger partial charge in [-0.15, -0.1) is 0 Å². The molecule has 18 heavy (non-hydrogen) atoms. The lowest BCUT2D eigenvalue weighted by atomic mass is 10.3. The van der Waals surface area contributed by atoms with Crippen LogP contribution in [0.5, 0.6) is 5.75 Å². The number of hydrogen-bond donors (Lipinski definition) is 2. The number of carbonyl (C=O) groups is 1. The highest BCUT2D eigenvalue weighted by molar-refractivity contribution is 5.85. The fraction of sp³-hybridized carbons (Fsp3) is 0.333. The molecule has 6 heteroatoms. The fourth-order valence-electron chi connectivity index (χ4n) is 1.31. The first-order valence-corrected chi connectivity index (χ1v) is 5.54. The summed E-state index contributed by atoms with van der Waals surface area (Å²) in [7, 11) is 0. The van der Waals surface area contributed by atoms with Crippen LogP contribution >= 0.6 is 0 Å². The molecule has 0 radical (unpaired) electrons. The van der Waals surface area contributed by atoms with E-state index < -0.39 is 6.09 Å². The van der Waals surface area contributed by atoms with Crippen LogP contribution < -0.4 is 10.5 Å². The second kappa shape index (κ2) is 6.48. The summed E-state index contributed by atoms with van der Waals surface area (Å²) in [6.07, 6.45) is -0.539. The zero-order valence-corrected chi connectivity index (χ0v) is 10.4. The van der Waals surface area contributed by atoms with Gasteiger partial charge in [-0.05, 0) is 26.0 Å². The summed E-state index contributed by atoms with van der Waals surface area (Å²) in [5.41, 5.74) is 5.39. The fourth-order valence-corrected chi connectivity index (χ4v) is 1.31. The van der Waals surface area contributed by atoms with Gasteiger partial charge in [0.1, 0.15) is 5.75 Å². The number of hydrogen-bond acceptors (Lipinski definition) is 4. The van der Waals surface area contributed by atoms with E-state index in [0.29, 0.717) is 5.75 Å². The lowest BCUT2D eigenvalue weighted by Crippen LogP contribution is -2.44. The summed E-state index contributed by atoms with van der Waals surface area (Å²) in [6.45, 7) is 3.65. The minimum atomic E-state index is -0.539. The topological polar surface area (TPSA) is 88.1 Å². The number of nitrogens with two attached hydrogens (primary N) is 1. The molecule has 0 saturated carbocycles. The summed E-state index contributed by atoms with van der Waals surface area (Å²) in [5, 5.41) is 11.4. The zero-order valence-electron chi connectivity index (χ0n) is 10.4. The van der Waals surface area contributed by atoms with Gasteiger partial charge >= 0.3 is 6.09 Å². The molecule has 1 rings (SSSR count). The van der Waals surface area contributed by atoms with Crippen LogP contribution in [0.4, 0.5) is 4.79 Å². The third-order valence-electron chi connectivity index (χ3n) is 2.27. The quantitative estimate of drug-likeness (QED) is 0.368. The van der Waals surface area contributed by atoms with E-state index in [2.05, 4.69) is 5.16 Å². The SMILES string of the molecule is CC(C)N(CC(N)=NO)C(=O)Oc1ccccc1. The number of nitrogens with zero attached hydrogens (tertiary/aromatic N) is 2. The maximum atomic E-state index is 11.9. The monoisotopic (exact) mass is 251 g/mol. The molecule has 0 aliphatic heterocycles. The Morgan fingerprint density at radius 3 is 2.56 bits per heavy atom. The molecule has 0 aliphatic carbocycles. The lowest BCUT2D eigenvalue weighted by Gasteiger charge is -2.24. The number of benzene rings is 1. The van der Waals surface area contributed by atoms with Gasteiger partial charge in [-0.3, -0.25) is 4.90 Å². The van der Waals surface area contributed by atoms with E-state index in [9.17, 15) is 4.79 Å². The van der Waals surface area contributed by atoms with Crippen LogP contribution in [0.3, 0.4) is 0 Å². The van der Waals surface area contributed by atoms with Crippen LogP contribution in [-0.4, -0.2) is 34.6 Å². The zero-order chi connectivity index (χ0) is 13.5. The average molecular weight is 251 g/mol. The average Bonchev–Trinajstić information content (AvgIpc) is 2.36. The highest BCUT2D eigenvalue weighted by Crippen LogP contribution is 2.11. The van der Waals surface area contributed by atoms with E-state index >= 15 is 0 Å². The van der Waals surface area contributed by atoms with Crippen molar-refractivity contribution in [2.45, 2.75) is 19.9 Å². The molecule has 98 valence electrons. The molecular formula is C12H17N3O3. The largest absolute Gasteiger partial charge is 0.415 e. The summed E-state index contributed by atoms with van der Waals surface area (Å²) < 4.78 is 5.18. The summed E-state index contributed by atoms with van der Waals surface area (Å²) in [4.78, 5) is 13.3. The Morgan fingerprint density at radius 1 is 1.44 bits per heavy atom. The number of carbonyl (C=O) groups excluding carboxylic acids is 1. The molecule has 3 N–H and O–H groups in total. The van der Waals surface area contributed by atoms with Crippen LogP contribution in [0, 0.1) is 0 Å². The Bertz CT molecular complexity index is 418. The molecule has 0 aliphatic rings. The van der Waals surface area contributed by atoms with Crippen molar-refractivity contribution >= 4 is 11.9 Å². The van der Waals surface area contributed by atoms with Crippen LogP contribution in [0.25, 0.3) is 0 Å². The van der Waals surface area contributed by atoms with Gasteiger partial charge in [0.25, 0.3) is 0 Å². The van der Waals surface area contributed by atoms with E-state index in [1.165, 1.54) is 4.90 Å². The first kappa shape index (κ1) is 13.8. The molecule has 0 aromatic heterocycles. The van der Waals surface area contributed by atoms with E-state index in [1.54, 1.807) is 24.3 Å². The van der Waals surface area contributed by atoms with E-state index in [-0.39, 0.29) is 18.4 Å². The third kappa shape index (κ3) is 3.97. The van der Waals surface area contributed by atoms with Crippen molar-refractivity contribution in [1.29, 1.82) is 0 Å². The number of amidine groups is 1. The second-order valence-corrected chi connectivity index (χ2v) is 3.99. The van der Waals surface area contributed by atoms with Gasteiger partial charge in [0.05, 0.1) is 6.54 Å². The van der Waals surface area contributed by atoms with E-state index in [1.807, 2.05) is 19.9 Å². The van der Waals surface area contributed by atoms with Crippen molar-refractivity contribution < 1.29 is 14.7 Å². The van der Waals surface area contributed by atoms with Crippen molar-refractivity contribution in [2.75, 3.05) is 6.54 Å². The number of para-hydroxylation sites is 1. The van der Waals surface area contributed by atoms with Gasteiger partial charge in [-0.1, -0.05) is 23.4 Å². The molecule has 6 nitrogen and oxygen atoms in total. The van der Waals surface area contributed by atoms with Crippen molar-refractivity contribution in [3.05, 3.63) is 30.3 Å². The van der Waals surface area contributed by atoms with E-state index in [0.717, 1.165) is 0 Å². The van der Waals surface area contributed by atoms with E-state index in [4.69, 9.17) is 15.7 Å². The second-order valence-electron chi connectivity index (χ2n) is 3.99. The van der Waals surface area contributed by atoms with Crippen LogP contribution in [0.2, 0.25) is 0 Å². The summed E-state index contributed by atoms with van der Waals surface area (Å²) in [6, 6.07) is 8.60. The summed E-state index contributed by atoms with van der Waals surface area (Å²) >= 11 is 0. The number of amides is 1. The maximum absolute atomic E-state index is 11.9.